The van der Waals surface area contributed by atoms with Crippen molar-refractivity contribution in [3.05, 3.63) is 53.9 Å². The Hall–Kier alpha value is -2.21. The Labute approximate surface area is 161 Å². The van der Waals surface area contributed by atoms with Crippen molar-refractivity contribution in [2.75, 3.05) is 13.1 Å². The van der Waals surface area contributed by atoms with Crippen molar-refractivity contribution in [1.82, 2.24) is 20.3 Å². The third-order valence-electron chi connectivity index (χ3n) is 4.68. The van der Waals surface area contributed by atoms with Crippen LogP contribution in [0.5, 0.6) is 0 Å². The molecule has 4 nitrogen and oxygen atoms in total. The number of pyridine rings is 1. The van der Waals surface area contributed by atoms with Gasteiger partial charge in [0.15, 0.2) is 5.65 Å². The van der Waals surface area contributed by atoms with Crippen molar-refractivity contribution in [2.45, 2.75) is 13.3 Å². The van der Waals surface area contributed by atoms with Crippen LogP contribution in [-0.4, -0.2) is 28.0 Å². The predicted octanol–water partition coefficient (Wildman–Crippen LogP) is 4.95. The molecule has 0 unspecified atom stereocenters. The van der Waals surface area contributed by atoms with Gasteiger partial charge in [0.2, 0.25) is 0 Å². The zero-order chi connectivity index (χ0) is 16.8. The van der Waals surface area contributed by atoms with Gasteiger partial charge in [-0.1, -0.05) is 6.08 Å². The number of hydrogen-bond donors (Lipinski definition) is 2. The molecule has 1 aliphatic rings. The summed E-state index contributed by atoms with van der Waals surface area (Å²) >= 11 is 1.72. The molecule has 26 heavy (non-hydrogen) atoms. The summed E-state index contributed by atoms with van der Waals surface area (Å²) in [4.78, 5) is 12.7. The van der Waals surface area contributed by atoms with E-state index in [2.05, 4.69) is 58.6 Å². The van der Waals surface area contributed by atoms with Crippen LogP contribution in [-0.2, 0) is 0 Å². The van der Waals surface area contributed by atoms with Gasteiger partial charge >= 0.3 is 0 Å². The maximum atomic E-state index is 4.75. The number of nitrogens with one attached hydrogen (secondary N) is 2. The molecule has 0 amide bonds. The first kappa shape index (κ1) is 17.2. The van der Waals surface area contributed by atoms with Crippen molar-refractivity contribution < 1.29 is 0 Å². The number of fused-ring (bicyclic) bond motifs is 2. The molecular weight excluding hydrogens is 364 g/mol. The van der Waals surface area contributed by atoms with Crippen LogP contribution < -0.4 is 5.32 Å². The van der Waals surface area contributed by atoms with Gasteiger partial charge in [-0.3, -0.25) is 0 Å². The van der Waals surface area contributed by atoms with Gasteiger partial charge in [-0.2, -0.15) is 0 Å². The number of halogens is 1. The summed E-state index contributed by atoms with van der Waals surface area (Å²) < 4.78 is 1.15. The van der Waals surface area contributed by atoms with Crippen LogP contribution in [0.25, 0.3) is 37.4 Å². The van der Waals surface area contributed by atoms with Gasteiger partial charge in [0, 0.05) is 34.9 Å². The van der Waals surface area contributed by atoms with Gasteiger partial charge in [-0.15, -0.1) is 23.7 Å². The van der Waals surface area contributed by atoms with Crippen molar-refractivity contribution in [3.63, 3.8) is 0 Å². The summed E-state index contributed by atoms with van der Waals surface area (Å²) in [6, 6.07) is 10.9. The lowest BCUT2D eigenvalue weighted by atomic mass is 10.0. The molecule has 2 N–H and O–H groups in total. The summed E-state index contributed by atoms with van der Waals surface area (Å²) in [5, 5.41) is 5.61. The Morgan fingerprint density at radius 1 is 1.12 bits per heavy atom. The minimum atomic E-state index is 0. The van der Waals surface area contributed by atoms with E-state index in [1.54, 1.807) is 11.3 Å². The predicted molar refractivity (Wildman–Crippen MR) is 112 cm³/mol. The minimum Gasteiger partial charge on any atom is -0.359 e. The van der Waals surface area contributed by atoms with E-state index in [4.69, 9.17) is 4.98 Å². The molecule has 0 radical (unpaired) electrons. The molecule has 5 rings (SSSR count). The number of aromatic amines is 1. The lowest BCUT2D eigenvalue weighted by Crippen LogP contribution is -2.20. The standard InChI is InChI=1S/C20H18N4S.ClH/c1-12-8-15-9-14(2-3-17(15)23-12)20-24-19-18(25-20)10-16(11-22-19)13-4-6-21-7-5-13;/h2-4,8-11,21,23H,5-7H2,1H3;1H. The fourth-order valence-electron chi connectivity index (χ4n) is 3.41. The van der Waals surface area contributed by atoms with E-state index < -0.39 is 0 Å². The van der Waals surface area contributed by atoms with Gasteiger partial charge in [0.05, 0.1) is 4.70 Å². The highest BCUT2D eigenvalue weighted by Crippen LogP contribution is 2.33. The van der Waals surface area contributed by atoms with Crippen LogP contribution in [0.15, 0.2) is 42.6 Å². The molecule has 4 aromatic rings. The normalized spacial score (nSPS) is 14.4. The molecular formula is C20H19ClN4S. The lowest BCUT2D eigenvalue weighted by Gasteiger charge is -2.13. The van der Waals surface area contributed by atoms with E-state index in [1.807, 2.05) is 6.20 Å². The van der Waals surface area contributed by atoms with Crippen LogP contribution >= 0.6 is 23.7 Å². The fraction of sp³-hybridized carbons (Fsp3) is 0.200. The highest BCUT2D eigenvalue weighted by molar-refractivity contribution is 7.21. The molecule has 4 heterocycles. The van der Waals surface area contributed by atoms with Crippen LogP contribution in [0.1, 0.15) is 17.7 Å². The molecule has 0 fully saturated rings. The maximum absolute atomic E-state index is 4.75. The van der Waals surface area contributed by atoms with E-state index in [9.17, 15) is 0 Å². The lowest BCUT2D eigenvalue weighted by molar-refractivity contribution is 0.738. The van der Waals surface area contributed by atoms with Crippen molar-refractivity contribution in [3.8, 4) is 10.6 Å². The van der Waals surface area contributed by atoms with Gasteiger partial charge in [0.1, 0.15) is 5.01 Å². The largest absolute Gasteiger partial charge is 0.359 e. The molecule has 132 valence electrons. The van der Waals surface area contributed by atoms with Crippen molar-refractivity contribution >= 4 is 50.6 Å². The highest BCUT2D eigenvalue weighted by atomic mass is 35.5. The first-order chi connectivity index (χ1) is 12.3. The Morgan fingerprint density at radius 2 is 2.04 bits per heavy atom. The number of thiazole rings is 1. The molecule has 1 aromatic carbocycles. The summed E-state index contributed by atoms with van der Waals surface area (Å²) in [6.45, 7) is 4.06. The van der Waals surface area contributed by atoms with Crippen molar-refractivity contribution in [2.24, 2.45) is 0 Å². The third-order valence-corrected chi connectivity index (χ3v) is 5.72. The van der Waals surface area contributed by atoms with Crippen molar-refractivity contribution in [1.29, 1.82) is 0 Å². The van der Waals surface area contributed by atoms with Gasteiger partial charge < -0.3 is 10.3 Å². The highest BCUT2D eigenvalue weighted by Gasteiger charge is 2.12. The van der Waals surface area contributed by atoms with Crippen LogP contribution in [0.3, 0.4) is 0 Å². The Morgan fingerprint density at radius 3 is 2.88 bits per heavy atom. The number of nitrogens with zero attached hydrogens (tertiary/aromatic N) is 2. The summed E-state index contributed by atoms with van der Waals surface area (Å²) in [5.41, 5.74) is 6.94. The number of H-pyrrole nitrogens is 1. The van der Waals surface area contributed by atoms with Gasteiger partial charge in [-0.05, 0) is 61.4 Å². The summed E-state index contributed by atoms with van der Waals surface area (Å²) in [5.74, 6) is 0. The fourth-order valence-corrected chi connectivity index (χ4v) is 4.37. The number of benzene rings is 1. The quantitative estimate of drug-likeness (QED) is 0.516. The van der Waals surface area contributed by atoms with E-state index in [-0.39, 0.29) is 12.4 Å². The van der Waals surface area contributed by atoms with Gasteiger partial charge in [0.25, 0.3) is 0 Å². The third kappa shape index (κ3) is 3.03. The second kappa shape index (κ2) is 6.83. The van der Waals surface area contributed by atoms with E-state index >= 15 is 0 Å². The number of aromatic nitrogens is 3. The van der Waals surface area contributed by atoms with Crippen LogP contribution in [0.4, 0.5) is 0 Å². The average Bonchev–Trinajstić information content (AvgIpc) is 3.23. The first-order valence-electron chi connectivity index (χ1n) is 8.53. The number of rotatable bonds is 2. The van der Waals surface area contributed by atoms with E-state index in [0.717, 1.165) is 40.4 Å². The minimum absolute atomic E-state index is 0. The molecule has 1 aliphatic heterocycles. The summed E-state index contributed by atoms with van der Waals surface area (Å²) in [6.07, 6.45) is 5.28. The monoisotopic (exact) mass is 382 g/mol. The molecule has 0 atom stereocenters. The smallest absolute Gasteiger partial charge is 0.170 e. The number of hydrogen-bond acceptors (Lipinski definition) is 4. The average molecular weight is 383 g/mol. The molecule has 0 saturated carbocycles. The van der Waals surface area contributed by atoms with E-state index in [0.29, 0.717) is 0 Å². The summed E-state index contributed by atoms with van der Waals surface area (Å²) in [7, 11) is 0. The topological polar surface area (TPSA) is 53.6 Å². The van der Waals surface area contributed by atoms with Crippen LogP contribution in [0.2, 0.25) is 0 Å². The molecule has 0 spiro atoms. The Bertz CT molecular complexity index is 1130. The first-order valence-corrected chi connectivity index (χ1v) is 9.34. The molecule has 0 saturated heterocycles. The van der Waals surface area contributed by atoms with E-state index in [1.165, 1.54) is 27.7 Å². The van der Waals surface area contributed by atoms with Gasteiger partial charge in [-0.25, -0.2) is 9.97 Å². The number of aryl methyl sites for hydroxylation is 1. The second-order valence-electron chi connectivity index (χ2n) is 6.50. The zero-order valence-corrected chi connectivity index (χ0v) is 16.0. The van der Waals surface area contributed by atoms with Crippen LogP contribution in [0, 0.1) is 6.92 Å². The Kier molecular flexibility index (Phi) is 4.53. The SMILES string of the molecule is Cc1cc2cc(-c3nc4ncc(C5=CCNCC5)cc4s3)ccc2[nH]1.Cl. The maximum Gasteiger partial charge on any atom is 0.170 e. The Balaban J connectivity index is 0.00000168. The molecule has 3 aromatic heterocycles. The second-order valence-corrected chi connectivity index (χ2v) is 7.53. The molecule has 6 heteroatoms. The zero-order valence-electron chi connectivity index (χ0n) is 14.4. The molecule has 0 bridgehead atoms. The molecule has 0 aliphatic carbocycles.